The first kappa shape index (κ1) is 26.4. The summed E-state index contributed by atoms with van der Waals surface area (Å²) in [4.78, 5) is 28.6. The first-order valence-electron chi connectivity index (χ1n) is 10.8. The first-order chi connectivity index (χ1) is 17.2. The fourth-order valence-electron chi connectivity index (χ4n) is 3.16. The van der Waals surface area contributed by atoms with Crippen LogP contribution in [0.15, 0.2) is 72.9 Å². The fourth-order valence-corrected chi connectivity index (χ4v) is 3.16. The van der Waals surface area contributed by atoms with Gasteiger partial charge in [-0.25, -0.2) is 4.98 Å². The molecule has 188 valence electrons. The molecule has 2 amide bonds. The van der Waals surface area contributed by atoms with Crippen molar-refractivity contribution < 1.29 is 27.9 Å². The molecule has 0 aliphatic heterocycles. The number of anilines is 3. The average Bonchev–Trinajstić information content (AvgIpc) is 2.85. The first-order valence-corrected chi connectivity index (χ1v) is 10.8. The number of alkyl halides is 3. The molecule has 0 spiro atoms. The van der Waals surface area contributed by atoms with E-state index in [1.54, 1.807) is 54.6 Å². The number of aliphatic hydroxyl groups is 1. The molecule has 0 bridgehead atoms. The summed E-state index contributed by atoms with van der Waals surface area (Å²) in [5.41, 5.74) is 7.03. The molecule has 6 N–H and O–H groups in total. The monoisotopic (exact) mass is 499 g/mol. The number of nitrogen functional groups attached to an aromatic ring is 1. The molecule has 8 nitrogen and oxygen atoms in total. The third-order valence-electron chi connectivity index (χ3n) is 4.98. The van der Waals surface area contributed by atoms with Crippen molar-refractivity contribution in [2.45, 2.75) is 12.2 Å². The van der Waals surface area contributed by atoms with Crippen LogP contribution < -0.4 is 21.7 Å². The lowest BCUT2D eigenvalue weighted by Crippen LogP contribution is -2.34. The SMILES string of the molecule is Nc1ccccc1NC(=O)C=Cc1ccc(C(NCCO)C(=O)Nc2ccc(C(F)(F)F)cn2)cc1. The average molecular weight is 499 g/mol. The van der Waals surface area contributed by atoms with Crippen LogP contribution in [0.3, 0.4) is 0 Å². The van der Waals surface area contributed by atoms with Crippen molar-refractivity contribution >= 4 is 35.1 Å². The molecule has 0 saturated heterocycles. The van der Waals surface area contributed by atoms with Crippen LogP contribution in [-0.4, -0.2) is 35.1 Å². The highest BCUT2D eigenvalue weighted by atomic mass is 19.4. The summed E-state index contributed by atoms with van der Waals surface area (Å²) in [6, 6.07) is 14.5. The van der Waals surface area contributed by atoms with Gasteiger partial charge in [0.05, 0.1) is 23.5 Å². The Bertz CT molecular complexity index is 1210. The number of rotatable bonds is 9. The van der Waals surface area contributed by atoms with Gasteiger partial charge in [0.2, 0.25) is 11.8 Å². The number of nitrogens with one attached hydrogen (secondary N) is 3. The number of aromatic nitrogens is 1. The predicted octanol–water partition coefficient (Wildman–Crippen LogP) is 3.60. The number of carbonyl (C=O) groups excluding carboxylic acids is 2. The van der Waals surface area contributed by atoms with Crippen LogP contribution in [0.25, 0.3) is 6.08 Å². The fraction of sp³-hybridized carbons (Fsp3) is 0.160. The maximum atomic E-state index is 12.8. The van der Waals surface area contributed by atoms with E-state index in [2.05, 4.69) is 20.9 Å². The molecule has 3 rings (SSSR count). The summed E-state index contributed by atoms with van der Waals surface area (Å²) < 4.78 is 38.2. The Balaban J connectivity index is 1.67. The van der Waals surface area contributed by atoms with Crippen molar-refractivity contribution in [2.75, 3.05) is 29.5 Å². The van der Waals surface area contributed by atoms with Crippen LogP contribution in [-0.2, 0) is 15.8 Å². The van der Waals surface area contributed by atoms with Gasteiger partial charge in [-0.15, -0.1) is 0 Å². The molecule has 0 saturated carbocycles. The molecule has 1 unspecified atom stereocenters. The Labute approximate surface area is 205 Å². The number of hydrogen-bond donors (Lipinski definition) is 5. The topological polar surface area (TPSA) is 129 Å². The minimum Gasteiger partial charge on any atom is -0.397 e. The van der Waals surface area contributed by atoms with Crippen LogP contribution in [0.5, 0.6) is 0 Å². The van der Waals surface area contributed by atoms with Crippen LogP contribution in [0.1, 0.15) is 22.7 Å². The van der Waals surface area contributed by atoms with Crippen LogP contribution in [0, 0.1) is 0 Å². The number of amides is 2. The lowest BCUT2D eigenvalue weighted by atomic mass is 10.0. The second-order valence-corrected chi connectivity index (χ2v) is 7.61. The minimum atomic E-state index is -4.54. The zero-order chi connectivity index (χ0) is 26.1. The van der Waals surface area contributed by atoms with Gasteiger partial charge in [0.15, 0.2) is 0 Å². The Morgan fingerprint density at radius 3 is 2.36 bits per heavy atom. The summed E-state index contributed by atoms with van der Waals surface area (Å²) in [7, 11) is 0. The maximum Gasteiger partial charge on any atom is 0.417 e. The molecule has 1 atom stereocenters. The Hall–Kier alpha value is -4.22. The van der Waals surface area contributed by atoms with Crippen molar-refractivity contribution in [3.05, 3.63) is 89.6 Å². The van der Waals surface area contributed by atoms with E-state index in [-0.39, 0.29) is 24.9 Å². The smallest absolute Gasteiger partial charge is 0.397 e. The number of hydrogen-bond acceptors (Lipinski definition) is 6. The van der Waals surface area contributed by atoms with E-state index in [4.69, 9.17) is 10.8 Å². The van der Waals surface area contributed by atoms with Crippen molar-refractivity contribution in [3.8, 4) is 0 Å². The summed E-state index contributed by atoms with van der Waals surface area (Å²) in [6.45, 7) is -0.132. The molecular weight excluding hydrogens is 475 g/mol. The Morgan fingerprint density at radius 2 is 1.75 bits per heavy atom. The molecule has 11 heteroatoms. The number of nitrogens with two attached hydrogens (primary N) is 1. The van der Waals surface area contributed by atoms with Gasteiger partial charge in [0.1, 0.15) is 11.9 Å². The molecule has 36 heavy (non-hydrogen) atoms. The Kier molecular flexibility index (Phi) is 8.76. The van der Waals surface area contributed by atoms with Crippen molar-refractivity contribution in [1.82, 2.24) is 10.3 Å². The van der Waals surface area contributed by atoms with E-state index in [1.807, 2.05) is 0 Å². The number of para-hydroxylation sites is 2. The van der Waals surface area contributed by atoms with Gasteiger partial charge in [0.25, 0.3) is 0 Å². The van der Waals surface area contributed by atoms with Gasteiger partial charge in [-0.3, -0.25) is 14.9 Å². The highest BCUT2D eigenvalue weighted by molar-refractivity contribution is 6.03. The largest absolute Gasteiger partial charge is 0.417 e. The third kappa shape index (κ3) is 7.39. The number of carbonyl (C=O) groups is 2. The molecule has 0 aliphatic carbocycles. The van der Waals surface area contributed by atoms with E-state index in [0.717, 1.165) is 12.1 Å². The van der Waals surface area contributed by atoms with Crippen molar-refractivity contribution in [2.24, 2.45) is 0 Å². The number of nitrogens with zero attached hydrogens (tertiary/aromatic N) is 1. The molecule has 2 aromatic carbocycles. The number of benzene rings is 2. The van der Waals surface area contributed by atoms with Gasteiger partial charge in [-0.2, -0.15) is 13.2 Å². The van der Waals surface area contributed by atoms with Gasteiger partial charge >= 0.3 is 6.18 Å². The molecule has 3 aromatic rings. The molecule has 0 radical (unpaired) electrons. The molecular formula is C25H24F3N5O3. The molecule has 0 fully saturated rings. The van der Waals surface area contributed by atoms with E-state index >= 15 is 0 Å². The second-order valence-electron chi connectivity index (χ2n) is 7.61. The Morgan fingerprint density at radius 1 is 1.03 bits per heavy atom. The quantitative estimate of drug-likeness (QED) is 0.226. The highest BCUT2D eigenvalue weighted by Gasteiger charge is 2.31. The van der Waals surface area contributed by atoms with Crippen LogP contribution in [0.2, 0.25) is 0 Å². The molecule has 0 aliphatic rings. The van der Waals surface area contributed by atoms with E-state index in [1.165, 1.54) is 6.08 Å². The number of pyridine rings is 1. The normalized spacial score (nSPS) is 12.3. The maximum absolute atomic E-state index is 12.8. The lowest BCUT2D eigenvalue weighted by Gasteiger charge is -2.18. The van der Waals surface area contributed by atoms with Gasteiger partial charge < -0.3 is 21.5 Å². The summed E-state index contributed by atoms with van der Waals surface area (Å²) in [5, 5.41) is 17.2. The van der Waals surface area contributed by atoms with E-state index in [9.17, 15) is 22.8 Å². The lowest BCUT2D eigenvalue weighted by molar-refractivity contribution is -0.137. The zero-order valence-corrected chi connectivity index (χ0v) is 18.9. The van der Waals surface area contributed by atoms with E-state index < -0.39 is 23.7 Å². The minimum absolute atomic E-state index is 0.0478. The second kappa shape index (κ2) is 12.0. The van der Waals surface area contributed by atoms with Gasteiger partial charge in [0, 0.05) is 18.8 Å². The van der Waals surface area contributed by atoms with Crippen molar-refractivity contribution in [1.29, 1.82) is 0 Å². The van der Waals surface area contributed by atoms with Crippen LogP contribution in [0.4, 0.5) is 30.4 Å². The standard InChI is InChI=1S/C25H24F3N5O3/c26-25(27,28)18-10-11-21(31-15-18)33-24(36)23(30-13-14-34)17-8-5-16(6-9-17)7-12-22(35)32-20-4-2-1-3-19(20)29/h1-12,15,23,30,34H,13-14,29H2,(H,32,35)(H,31,33,36). The molecule has 1 heterocycles. The zero-order valence-electron chi connectivity index (χ0n) is 18.9. The van der Waals surface area contributed by atoms with E-state index in [0.29, 0.717) is 28.7 Å². The highest BCUT2D eigenvalue weighted by Crippen LogP contribution is 2.29. The van der Waals surface area contributed by atoms with Gasteiger partial charge in [-0.1, -0.05) is 36.4 Å². The molecule has 1 aromatic heterocycles. The summed E-state index contributed by atoms with van der Waals surface area (Å²) >= 11 is 0. The van der Waals surface area contributed by atoms with Gasteiger partial charge in [-0.05, 0) is 41.5 Å². The number of halogens is 3. The summed E-state index contributed by atoms with van der Waals surface area (Å²) in [6.07, 6.45) is -0.978. The van der Waals surface area contributed by atoms with Crippen molar-refractivity contribution in [3.63, 3.8) is 0 Å². The van der Waals surface area contributed by atoms with Crippen LogP contribution >= 0.6 is 0 Å². The predicted molar refractivity (Wildman–Crippen MR) is 131 cm³/mol. The summed E-state index contributed by atoms with van der Waals surface area (Å²) in [5.74, 6) is -0.991. The number of aliphatic hydroxyl groups excluding tert-OH is 1. The third-order valence-corrected chi connectivity index (χ3v) is 4.98.